The van der Waals surface area contributed by atoms with Crippen molar-refractivity contribution in [3.63, 3.8) is 0 Å². The van der Waals surface area contributed by atoms with Gasteiger partial charge in [-0.25, -0.2) is 4.39 Å². The summed E-state index contributed by atoms with van der Waals surface area (Å²) >= 11 is 0. The summed E-state index contributed by atoms with van der Waals surface area (Å²) in [7, 11) is 0. The van der Waals surface area contributed by atoms with E-state index < -0.39 is 0 Å². The molecule has 0 amide bonds. The van der Waals surface area contributed by atoms with Crippen molar-refractivity contribution in [2.24, 2.45) is 0 Å². The molecule has 0 aliphatic heterocycles. The van der Waals surface area contributed by atoms with Crippen LogP contribution in [0.2, 0.25) is 0 Å². The van der Waals surface area contributed by atoms with Gasteiger partial charge in [0, 0.05) is 22.8 Å². The normalized spacial score (nSPS) is 10.6. The molecule has 0 unspecified atom stereocenters. The fourth-order valence-electron chi connectivity index (χ4n) is 1.10. The first kappa shape index (κ1) is 6.22. The SMILES string of the molecule is Nc1ccc2[nH]cc(F)c2c1. The lowest BCUT2D eigenvalue weighted by molar-refractivity contribution is 0.639. The summed E-state index contributed by atoms with van der Waals surface area (Å²) in [5.41, 5.74) is 6.83. The number of nitrogens with two attached hydrogens (primary N) is 1. The summed E-state index contributed by atoms with van der Waals surface area (Å²) in [6.07, 6.45) is 1.32. The Kier molecular flexibility index (Phi) is 1.12. The van der Waals surface area contributed by atoms with Crippen LogP contribution in [0.3, 0.4) is 0 Å². The Bertz CT molecular complexity index is 392. The number of aromatic amines is 1. The second-order valence-corrected chi connectivity index (χ2v) is 2.44. The van der Waals surface area contributed by atoms with Crippen molar-refractivity contribution in [2.45, 2.75) is 0 Å². The molecule has 0 spiro atoms. The lowest BCUT2D eigenvalue weighted by Gasteiger charge is -1.91. The third-order valence-electron chi connectivity index (χ3n) is 1.66. The van der Waals surface area contributed by atoms with Gasteiger partial charge in [-0.3, -0.25) is 0 Å². The fraction of sp³-hybridized carbons (Fsp3) is 0. The molecule has 0 radical (unpaired) electrons. The van der Waals surface area contributed by atoms with Crippen LogP contribution in [0, 0.1) is 5.82 Å². The highest BCUT2D eigenvalue weighted by molar-refractivity contribution is 5.83. The maximum absolute atomic E-state index is 12.8. The Morgan fingerprint density at radius 1 is 1.36 bits per heavy atom. The molecule has 2 aromatic rings. The molecule has 0 atom stereocenters. The molecule has 1 heterocycles. The molecular weight excluding hydrogens is 143 g/mol. The monoisotopic (exact) mass is 150 g/mol. The average Bonchev–Trinajstić information content (AvgIpc) is 2.33. The Labute approximate surface area is 62.8 Å². The Hall–Kier alpha value is -1.51. The molecule has 2 nitrogen and oxygen atoms in total. The molecule has 1 aromatic carbocycles. The second kappa shape index (κ2) is 1.99. The van der Waals surface area contributed by atoms with Crippen LogP contribution in [0.15, 0.2) is 24.4 Å². The Balaban J connectivity index is 2.87. The predicted molar refractivity (Wildman–Crippen MR) is 42.7 cm³/mol. The van der Waals surface area contributed by atoms with E-state index in [1.807, 2.05) is 0 Å². The van der Waals surface area contributed by atoms with Crippen LogP contribution in [0.5, 0.6) is 0 Å². The Morgan fingerprint density at radius 2 is 2.18 bits per heavy atom. The van der Waals surface area contributed by atoms with Gasteiger partial charge < -0.3 is 10.7 Å². The Morgan fingerprint density at radius 3 is 3.00 bits per heavy atom. The van der Waals surface area contributed by atoms with Crippen LogP contribution < -0.4 is 5.73 Å². The number of benzene rings is 1. The van der Waals surface area contributed by atoms with Crippen LogP contribution in [0.1, 0.15) is 0 Å². The summed E-state index contributed by atoms with van der Waals surface area (Å²) in [6, 6.07) is 5.10. The van der Waals surface area contributed by atoms with Gasteiger partial charge in [-0.2, -0.15) is 0 Å². The van der Waals surface area contributed by atoms with Gasteiger partial charge in [0.2, 0.25) is 0 Å². The maximum Gasteiger partial charge on any atom is 0.148 e. The highest BCUT2D eigenvalue weighted by atomic mass is 19.1. The zero-order valence-electron chi connectivity index (χ0n) is 5.76. The molecular formula is C8H7FN2. The minimum atomic E-state index is -0.257. The number of fused-ring (bicyclic) bond motifs is 1. The van der Waals surface area contributed by atoms with E-state index in [0.717, 1.165) is 5.52 Å². The molecule has 3 heteroatoms. The van der Waals surface area contributed by atoms with E-state index in [1.165, 1.54) is 6.20 Å². The minimum absolute atomic E-state index is 0.257. The van der Waals surface area contributed by atoms with Crippen molar-refractivity contribution >= 4 is 16.6 Å². The van der Waals surface area contributed by atoms with Crippen LogP contribution in [0.4, 0.5) is 10.1 Å². The van der Waals surface area contributed by atoms with Gasteiger partial charge in [-0.1, -0.05) is 0 Å². The smallest absolute Gasteiger partial charge is 0.148 e. The summed E-state index contributed by atoms with van der Waals surface area (Å²) in [5.74, 6) is -0.257. The van der Waals surface area contributed by atoms with Crippen molar-refractivity contribution in [3.8, 4) is 0 Å². The summed E-state index contributed by atoms with van der Waals surface area (Å²) in [4.78, 5) is 2.78. The zero-order valence-corrected chi connectivity index (χ0v) is 5.76. The van der Waals surface area contributed by atoms with Crippen LogP contribution in [-0.2, 0) is 0 Å². The lowest BCUT2D eigenvalue weighted by atomic mass is 10.2. The third kappa shape index (κ3) is 0.852. The number of halogens is 1. The highest BCUT2D eigenvalue weighted by Gasteiger charge is 2.00. The van der Waals surface area contributed by atoms with Crippen molar-refractivity contribution < 1.29 is 4.39 Å². The topological polar surface area (TPSA) is 41.8 Å². The van der Waals surface area contributed by atoms with E-state index in [9.17, 15) is 4.39 Å². The number of hydrogen-bond donors (Lipinski definition) is 2. The van der Waals surface area contributed by atoms with Gasteiger partial charge in [-0.15, -0.1) is 0 Å². The average molecular weight is 150 g/mol. The molecule has 1 aromatic heterocycles. The number of H-pyrrole nitrogens is 1. The number of nitrogen functional groups attached to an aromatic ring is 1. The van der Waals surface area contributed by atoms with Crippen molar-refractivity contribution in [2.75, 3.05) is 5.73 Å². The molecule has 3 N–H and O–H groups in total. The number of aromatic nitrogens is 1. The molecule has 2 rings (SSSR count). The first-order chi connectivity index (χ1) is 5.27. The van der Waals surface area contributed by atoms with E-state index in [-0.39, 0.29) is 5.82 Å². The number of nitrogens with one attached hydrogen (secondary N) is 1. The van der Waals surface area contributed by atoms with Crippen molar-refractivity contribution in [1.82, 2.24) is 4.98 Å². The second-order valence-electron chi connectivity index (χ2n) is 2.44. The van der Waals surface area contributed by atoms with Crippen LogP contribution in [-0.4, -0.2) is 4.98 Å². The zero-order chi connectivity index (χ0) is 7.84. The molecule has 0 bridgehead atoms. The predicted octanol–water partition coefficient (Wildman–Crippen LogP) is 1.89. The molecule has 0 saturated heterocycles. The standard InChI is InChI=1S/C8H7FN2/c9-7-4-11-8-2-1-5(10)3-6(7)8/h1-4,11H,10H2. The van der Waals surface area contributed by atoms with Gasteiger partial charge in [0.1, 0.15) is 5.82 Å². The number of anilines is 1. The molecule has 56 valence electrons. The number of rotatable bonds is 0. The molecule has 11 heavy (non-hydrogen) atoms. The van der Waals surface area contributed by atoms with Gasteiger partial charge in [0.25, 0.3) is 0 Å². The van der Waals surface area contributed by atoms with Crippen molar-refractivity contribution in [1.29, 1.82) is 0 Å². The quantitative estimate of drug-likeness (QED) is 0.553. The van der Waals surface area contributed by atoms with E-state index in [4.69, 9.17) is 5.73 Å². The van der Waals surface area contributed by atoms with E-state index in [2.05, 4.69) is 4.98 Å². The largest absolute Gasteiger partial charge is 0.399 e. The fourth-order valence-corrected chi connectivity index (χ4v) is 1.10. The summed E-state index contributed by atoms with van der Waals surface area (Å²) in [6.45, 7) is 0. The van der Waals surface area contributed by atoms with E-state index >= 15 is 0 Å². The van der Waals surface area contributed by atoms with E-state index in [0.29, 0.717) is 11.1 Å². The van der Waals surface area contributed by atoms with Crippen LogP contribution >= 0.6 is 0 Å². The molecule has 0 aliphatic rings. The van der Waals surface area contributed by atoms with Gasteiger partial charge in [0.15, 0.2) is 0 Å². The maximum atomic E-state index is 12.8. The summed E-state index contributed by atoms with van der Waals surface area (Å²) in [5, 5.41) is 0.546. The van der Waals surface area contributed by atoms with E-state index in [1.54, 1.807) is 18.2 Å². The summed E-state index contributed by atoms with van der Waals surface area (Å²) < 4.78 is 12.8. The molecule has 0 aliphatic carbocycles. The van der Waals surface area contributed by atoms with Gasteiger partial charge in [0.05, 0.1) is 0 Å². The number of hydrogen-bond acceptors (Lipinski definition) is 1. The molecule has 0 fully saturated rings. The van der Waals surface area contributed by atoms with Gasteiger partial charge >= 0.3 is 0 Å². The molecule has 0 saturated carbocycles. The first-order valence-corrected chi connectivity index (χ1v) is 3.29. The lowest BCUT2D eigenvalue weighted by Crippen LogP contribution is -1.82. The van der Waals surface area contributed by atoms with Crippen molar-refractivity contribution in [3.05, 3.63) is 30.2 Å². The van der Waals surface area contributed by atoms with Crippen LogP contribution in [0.25, 0.3) is 10.9 Å². The first-order valence-electron chi connectivity index (χ1n) is 3.29. The van der Waals surface area contributed by atoms with Gasteiger partial charge in [-0.05, 0) is 18.2 Å². The minimum Gasteiger partial charge on any atom is -0.399 e. The third-order valence-corrected chi connectivity index (χ3v) is 1.66. The highest BCUT2D eigenvalue weighted by Crippen LogP contribution is 2.18.